The summed E-state index contributed by atoms with van der Waals surface area (Å²) in [5.41, 5.74) is 7.59. The van der Waals surface area contributed by atoms with Gasteiger partial charge in [-0.15, -0.1) is 0 Å². The molecule has 2 atom stereocenters. The van der Waals surface area contributed by atoms with Gasteiger partial charge in [0.25, 0.3) is 0 Å². The SMILES string of the molecule is C=C(/N=C(\C(=C/C)C(=O)/C(=C\C)C(=O)CCC)C(C)CC)Nc1cccc(C(O)(CCCC)CCCN)c1. The first-order chi connectivity index (χ1) is 18.1. The van der Waals surface area contributed by atoms with Crippen LogP contribution in [0.4, 0.5) is 5.69 Å². The highest BCUT2D eigenvalue weighted by molar-refractivity contribution is 6.36. The Morgan fingerprint density at radius 3 is 2.32 bits per heavy atom. The van der Waals surface area contributed by atoms with Crippen molar-refractivity contribution < 1.29 is 14.7 Å². The number of ketones is 2. The molecule has 4 N–H and O–H groups in total. The smallest absolute Gasteiger partial charge is 0.197 e. The molecule has 0 aliphatic heterocycles. The number of hydrogen-bond donors (Lipinski definition) is 3. The summed E-state index contributed by atoms with van der Waals surface area (Å²) in [4.78, 5) is 30.8. The van der Waals surface area contributed by atoms with Crippen LogP contribution in [-0.4, -0.2) is 28.9 Å². The van der Waals surface area contributed by atoms with Gasteiger partial charge in [0.2, 0.25) is 0 Å². The summed E-state index contributed by atoms with van der Waals surface area (Å²) >= 11 is 0. The second kappa shape index (κ2) is 16.9. The number of carbonyl (C=O) groups is 2. The van der Waals surface area contributed by atoms with E-state index < -0.39 is 5.60 Å². The van der Waals surface area contributed by atoms with Crippen LogP contribution in [0.15, 0.2) is 65.0 Å². The van der Waals surface area contributed by atoms with Crippen molar-refractivity contribution in [3.8, 4) is 0 Å². The van der Waals surface area contributed by atoms with Gasteiger partial charge in [-0.1, -0.05) is 71.4 Å². The van der Waals surface area contributed by atoms with E-state index in [0.29, 0.717) is 49.3 Å². The third-order valence-corrected chi connectivity index (χ3v) is 6.88. The number of allylic oxidation sites excluding steroid dienone is 4. The van der Waals surface area contributed by atoms with Crippen molar-refractivity contribution >= 4 is 23.0 Å². The molecule has 0 fully saturated rings. The van der Waals surface area contributed by atoms with Crippen LogP contribution in [0.25, 0.3) is 0 Å². The molecular formula is C32H49N3O3. The van der Waals surface area contributed by atoms with Crippen LogP contribution >= 0.6 is 0 Å². The van der Waals surface area contributed by atoms with Crippen LogP contribution in [0, 0.1) is 5.92 Å². The quantitative estimate of drug-likeness (QED) is 0.0831. The Morgan fingerprint density at radius 1 is 1.11 bits per heavy atom. The monoisotopic (exact) mass is 523 g/mol. The molecule has 0 aliphatic rings. The fourth-order valence-electron chi connectivity index (χ4n) is 4.45. The lowest BCUT2D eigenvalue weighted by Crippen LogP contribution is -2.27. The van der Waals surface area contributed by atoms with Crippen molar-refractivity contribution in [1.29, 1.82) is 0 Å². The number of anilines is 1. The number of Topliss-reactive ketones (excluding diaryl/α,β-unsaturated/α-hetero) is 2. The van der Waals surface area contributed by atoms with Crippen LogP contribution in [0.3, 0.4) is 0 Å². The second-order valence-corrected chi connectivity index (χ2v) is 9.89. The molecule has 6 nitrogen and oxygen atoms in total. The van der Waals surface area contributed by atoms with E-state index in [1.165, 1.54) is 0 Å². The molecule has 0 spiro atoms. The summed E-state index contributed by atoms with van der Waals surface area (Å²) in [6.45, 7) is 16.2. The van der Waals surface area contributed by atoms with E-state index in [4.69, 9.17) is 10.7 Å². The molecule has 0 saturated heterocycles. The van der Waals surface area contributed by atoms with E-state index in [0.717, 1.165) is 36.9 Å². The molecule has 0 bridgehead atoms. The average molecular weight is 524 g/mol. The highest BCUT2D eigenvalue weighted by atomic mass is 16.3. The fraction of sp³-hybridized carbons (Fsp3) is 0.531. The van der Waals surface area contributed by atoms with Gasteiger partial charge in [-0.2, -0.15) is 0 Å². The molecule has 0 saturated carbocycles. The first-order valence-corrected chi connectivity index (χ1v) is 14.1. The van der Waals surface area contributed by atoms with Gasteiger partial charge in [-0.25, -0.2) is 4.99 Å². The number of carbonyl (C=O) groups excluding carboxylic acids is 2. The lowest BCUT2D eigenvalue weighted by molar-refractivity contribution is -0.119. The third kappa shape index (κ3) is 9.48. The van der Waals surface area contributed by atoms with E-state index >= 15 is 0 Å². The van der Waals surface area contributed by atoms with Crippen molar-refractivity contribution in [2.24, 2.45) is 16.6 Å². The maximum absolute atomic E-state index is 13.4. The number of unbranched alkanes of at least 4 members (excludes halogenated alkanes) is 1. The van der Waals surface area contributed by atoms with Crippen LogP contribution in [0.5, 0.6) is 0 Å². The molecule has 0 amide bonds. The van der Waals surface area contributed by atoms with Gasteiger partial charge < -0.3 is 16.2 Å². The van der Waals surface area contributed by atoms with E-state index in [2.05, 4.69) is 18.8 Å². The Kier molecular flexibility index (Phi) is 14.8. The molecule has 0 aromatic heterocycles. The maximum Gasteiger partial charge on any atom is 0.197 e. The van der Waals surface area contributed by atoms with Crippen molar-refractivity contribution in [2.75, 3.05) is 11.9 Å². The highest BCUT2D eigenvalue weighted by Gasteiger charge is 2.29. The topological polar surface area (TPSA) is 105 Å². The van der Waals surface area contributed by atoms with Gasteiger partial charge in [0, 0.05) is 17.7 Å². The van der Waals surface area contributed by atoms with Crippen molar-refractivity contribution in [1.82, 2.24) is 0 Å². The molecule has 0 aliphatic carbocycles. The minimum absolute atomic E-state index is 0.0233. The maximum atomic E-state index is 13.4. The Labute approximate surface area is 230 Å². The molecule has 2 unspecified atom stereocenters. The zero-order chi connectivity index (χ0) is 28.7. The number of nitrogens with two attached hydrogens (primary N) is 1. The highest BCUT2D eigenvalue weighted by Crippen LogP contribution is 2.33. The van der Waals surface area contributed by atoms with E-state index in [1.54, 1.807) is 26.0 Å². The van der Waals surface area contributed by atoms with Crippen LogP contribution in [0.1, 0.15) is 98.5 Å². The molecule has 38 heavy (non-hydrogen) atoms. The van der Waals surface area contributed by atoms with Gasteiger partial charge in [0.05, 0.1) is 16.9 Å². The number of aliphatic imine (C=N–C) groups is 1. The summed E-state index contributed by atoms with van der Waals surface area (Å²) in [7, 11) is 0. The van der Waals surface area contributed by atoms with E-state index in [-0.39, 0.29) is 23.1 Å². The van der Waals surface area contributed by atoms with Crippen LogP contribution in [-0.2, 0) is 15.2 Å². The Bertz CT molecular complexity index is 1030. The number of rotatable bonds is 18. The molecule has 1 rings (SSSR count). The summed E-state index contributed by atoms with van der Waals surface area (Å²) < 4.78 is 0. The molecule has 0 radical (unpaired) electrons. The minimum Gasteiger partial charge on any atom is -0.385 e. The normalized spacial score (nSPS) is 15.1. The fourth-order valence-corrected chi connectivity index (χ4v) is 4.45. The van der Waals surface area contributed by atoms with Gasteiger partial charge in [0.15, 0.2) is 11.6 Å². The first kappa shape index (κ1) is 33.2. The molecule has 0 heterocycles. The minimum atomic E-state index is -0.946. The lowest BCUT2D eigenvalue weighted by atomic mass is 9.84. The zero-order valence-electron chi connectivity index (χ0n) is 24.4. The summed E-state index contributed by atoms with van der Waals surface area (Å²) in [5, 5.41) is 14.7. The number of hydrogen-bond acceptors (Lipinski definition) is 6. The zero-order valence-corrected chi connectivity index (χ0v) is 24.4. The second-order valence-electron chi connectivity index (χ2n) is 9.89. The average Bonchev–Trinajstić information content (AvgIpc) is 2.90. The molecule has 1 aromatic carbocycles. The predicted molar refractivity (Wildman–Crippen MR) is 160 cm³/mol. The molecule has 210 valence electrons. The Hall–Kier alpha value is -2.83. The van der Waals surface area contributed by atoms with E-state index in [9.17, 15) is 14.7 Å². The lowest BCUT2D eigenvalue weighted by Gasteiger charge is -2.29. The molecule has 1 aromatic rings. The number of benzene rings is 1. The Balaban J connectivity index is 3.33. The predicted octanol–water partition coefficient (Wildman–Crippen LogP) is 7.00. The Morgan fingerprint density at radius 2 is 1.76 bits per heavy atom. The largest absolute Gasteiger partial charge is 0.385 e. The van der Waals surface area contributed by atoms with Gasteiger partial charge in [-0.05, 0) is 76.1 Å². The van der Waals surface area contributed by atoms with Gasteiger partial charge in [0.1, 0.15) is 5.82 Å². The van der Waals surface area contributed by atoms with Crippen molar-refractivity contribution in [3.05, 3.63) is 65.5 Å². The summed E-state index contributed by atoms with van der Waals surface area (Å²) in [5.74, 6) is -0.0969. The van der Waals surface area contributed by atoms with Crippen LogP contribution < -0.4 is 11.1 Å². The summed E-state index contributed by atoms with van der Waals surface area (Å²) in [6.07, 6.45) is 9.03. The van der Waals surface area contributed by atoms with Crippen LogP contribution in [0.2, 0.25) is 0 Å². The van der Waals surface area contributed by atoms with Crippen molar-refractivity contribution in [3.63, 3.8) is 0 Å². The first-order valence-electron chi connectivity index (χ1n) is 14.1. The van der Waals surface area contributed by atoms with E-state index in [1.807, 2.05) is 45.0 Å². The molecule has 6 heteroatoms. The van der Waals surface area contributed by atoms with Crippen molar-refractivity contribution in [2.45, 2.75) is 98.5 Å². The molecular weight excluding hydrogens is 474 g/mol. The number of nitrogens with zero attached hydrogens (tertiary/aromatic N) is 1. The third-order valence-electron chi connectivity index (χ3n) is 6.88. The standard InChI is InChI=1S/C32H49N3O3/c1-8-13-19-32(38,20-15-21-33)25-17-14-18-26(22-25)34-24(7)35-30(23(6)10-3)28(12-5)31(37)27(11-4)29(36)16-9-2/h11-12,14,17-18,22-23,34,38H,7-10,13,15-16,19-21,33H2,1-6H3/b27-11-,28-12+,35-30-. The summed E-state index contributed by atoms with van der Waals surface area (Å²) in [6, 6.07) is 7.68. The number of aliphatic hydroxyl groups is 1. The number of nitrogens with one attached hydrogen (secondary N) is 1. The van der Waals surface area contributed by atoms with Gasteiger partial charge >= 0.3 is 0 Å². The van der Waals surface area contributed by atoms with Gasteiger partial charge in [-0.3, -0.25) is 9.59 Å².